The Morgan fingerprint density at radius 2 is 1.95 bits per heavy atom. The monoisotopic (exact) mass is 250 g/mol. The second-order valence-electron chi connectivity index (χ2n) is 4.74. The van der Waals surface area contributed by atoms with Crippen molar-refractivity contribution >= 4 is 11.3 Å². The molecule has 0 spiro atoms. The van der Waals surface area contributed by atoms with E-state index in [-0.39, 0.29) is 5.78 Å². The Morgan fingerprint density at radius 1 is 1.11 bits per heavy atom. The van der Waals surface area contributed by atoms with Crippen molar-refractivity contribution in [3.63, 3.8) is 0 Å². The lowest BCUT2D eigenvalue weighted by Crippen LogP contribution is -2.03. The van der Waals surface area contributed by atoms with Crippen molar-refractivity contribution in [2.75, 3.05) is 0 Å². The smallest absolute Gasteiger partial charge is 0.197 e. The van der Waals surface area contributed by atoms with Crippen LogP contribution in [-0.4, -0.2) is 15.4 Å². The van der Waals surface area contributed by atoms with Crippen molar-refractivity contribution < 1.29 is 4.79 Å². The maximum Gasteiger partial charge on any atom is 0.197 e. The topological polar surface area (TPSA) is 34.4 Å². The molecule has 94 valence electrons. The third-order valence-corrected chi connectivity index (χ3v) is 3.31. The fourth-order valence-electron chi connectivity index (χ4n) is 2.24. The van der Waals surface area contributed by atoms with E-state index < -0.39 is 0 Å². The van der Waals surface area contributed by atoms with Gasteiger partial charge in [0, 0.05) is 11.8 Å². The number of benzene rings is 1. The fraction of sp³-hybridized carbons (Fsp3) is 0.125. The molecule has 0 aliphatic rings. The first kappa shape index (κ1) is 11.7. The number of nitrogens with zero attached hydrogens (tertiary/aromatic N) is 2. The van der Waals surface area contributed by atoms with E-state index in [1.807, 2.05) is 56.4 Å². The summed E-state index contributed by atoms with van der Waals surface area (Å²) in [6.07, 6.45) is 3.48. The summed E-state index contributed by atoms with van der Waals surface area (Å²) in [6.45, 7) is 3.95. The van der Waals surface area contributed by atoms with E-state index in [1.165, 1.54) is 0 Å². The molecule has 0 aliphatic heterocycles. The van der Waals surface area contributed by atoms with Crippen LogP contribution in [0.4, 0.5) is 0 Å². The van der Waals surface area contributed by atoms with Crippen molar-refractivity contribution in [1.82, 2.24) is 9.61 Å². The van der Waals surface area contributed by atoms with Gasteiger partial charge in [-0.1, -0.05) is 23.8 Å². The van der Waals surface area contributed by atoms with Crippen LogP contribution in [0.1, 0.15) is 27.0 Å². The number of fused-ring (bicyclic) bond motifs is 1. The number of aryl methyl sites for hydroxylation is 2. The van der Waals surface area contributed by atoms with Gasteiger partial charge in [-0.2, -0.15) is 5.10 Å². The van der Waals surface area contributed by atoms with Crippen molar-refractivity contribution in [2.24, 2.45) is 0 Å². The molecule has 0 saturated carbocycles. The van der Waals surface area contributed by atoms with Gasteiger partial charge in [0.05, 0.1) is 17.3 Å². The number of hydrogen-bond acceptors (Lipinski definition) is 2. The number of ketones is 1. The lowest BCUT2D eigenvalue weighted by atomic mass is 9.98. The standard InChI is InChI=1S/C16H14N2O/c1-11-6-7-12(2)13(9-11)16(19)14-10-17-18-8-4-3-5-15(14)18/h3-10H,1-2H3. The van der Waals surface area contributed by atoms with Crippen molar-refractivity contribution in [3.8, 4) is 0 Å². The van der Waals surface area contributed by atoms with Gasteiger partial charge in [0.2, 0.25) is 0 Å². The minimum atomic E-state index is 0.0300. The quantitative estimate of drug-likeness (QED) is 0.655. The second kappa shape index (κ2) is 4.35. The van der Waals surface area contributed by atoms with E-state index in [2.05, 4.69) is 5.10 Å². The van der Waals surface area contributed by atoms with E-state index in [1.54, 1.807) is 10.7 Å². The zero-order chi connectivity index (χ0) is 13.4. The molecule has 0 bridgehead atoms. The van der Waals surface area contributed by atoms with Crippen LogP contribution in [0.15, 0.2) is 48.8 Å². The molecule has 0 unspecified atom stereocenters. The van der Waals surface area contributed by atoms with Gasteiger partial charge in [-0.05, 0) is 37.6 Å². The Hall–Kier alpha value is -2.42. The lowest BCUT2D eigenvalue weighted by Gasteiger charge is -2.05. The molecule has 2 heterocycles. The number of hydrogen-bond donors (Lipinski definition) is 0. The molecule has 0 aliphatic carbocycles. The van der Waals surface area contributed by atoms with Crippen LogP contribution >= 0.6 is 0 Å². The summed E-state index contributed by atoms with van der Waals surface area (Å²) in [7, 11) is 0. The van der Waals surface area contributed by atoms with Gasteiger partial charge in [-0.15, -0.1) is 0 Å². The van der Waals surface area contributed by atoms with Crippen LogP contribution in [0.5, 0.6) is 0 Å². The lowest BCUT2D eigenvalue weighted by molar-refractivity contribution is 0.103. The molecule has 3 aromatic rings. The highest BCUT2D eigenvalue weighted by atomic mass is 16.1. The molecule has 0 saturated heterocycles. The van der Waals surface area contributed by atoms with Crippen molar-refractivity contribution in [1.29, 1.82) is 0 Å². The minimum Gasteiger partial charge on any atom is -0.288 e. The van der Waals surface area contributed by atoms with Gasteiger partial charge in [0.1, 0.15) is 0 Å². The average Bonchev–Trinajstić information content (AvgIpc) is 2.84. The maximum absolute atomic E-state index is 12.6. The molecule has 3 nitrogen and oxygen atoms in total. The van der Waals surface area contributed by atoms with E-state index >= 15 is 0 Å². The number of pyridine rings is 1. The molecule has 3 rings (SSSR count). The van der Waals surface area contributed by atoms with Crippen molar-refractivity contribution in [3.05, 3.63) is 71.0 Å². The van der Waals surface area contributed by atoms with Crippen LogP contribution in [0.3, 0.4) is 0 Å². The van der Waals surface area contributed by atoms with E-state index in [0.717, 1.165) is 22.2 Å². The number of carbonyl (C=O) groups excluding carboxylic acids is 1. The predicted octanol–water partition coefficient (Wildman–Crippen LogP) is 3.18. The maximum atomic E-state index is 12.6. The third-order valence-electron chi connectivity index (χ3n) is 3.31. The zero-order valence-electron chi connectivity index (χ0n) is 10.9. The van der Waals surface area contributed by atoms with Gasteiger partial charge in [-0.25, -0.2) is 4.52 Å². The van der Waals surface area contributed by atoms with E-state index in [9.17, 15) is 4.79 Å². The summed E-state index contributed by atoms with van der Waals surface area (Å²) >= 11 is 0. The molecule has 0 radical (unpaired) electrons. The molecule has 0 amide bonds. The molecular formula is C16H14N2O. The summed E-state index contributed by atoms with van der Waals surface area (Å²) in [5.41, 5.74) is 4.32. The van der Waals surface area contributed by atoms with E-state index in [0.29, 0.717) is 5.56 Å². The van der Waals surface area contributed by atoms with Crippen LogP contribution in [0.2, 0.25) is 0 Å². The molecular weight excluding hydrogens is 236 g/mol. The largest absolute Gasteiger partial charge is 0.288 e. The molecule has 1 aromatic carbocycles. The first-order valence-corrected chi connectivity index (χ1v) is 6.21. The number of aromatic nitrogens is 2. The van der Waals surface area contributed by atoms with Gasteiger partial charge >= 0.3 is 0 Å². The molecule has 2 aromatic heterocycles. The summed E-state index contributed by atoms with van der Waals surface area (Å²) < 4.78 is 1.72. The Balaban J connectivity index is 2.16. The van der Waals surface area contributed by atoms with Crippen molar-refractivity contribution in [2.45, 2.75) is 13.8 Å². The number of carbonyl (C=O) groups is 1. The summed E-state index contributed by atoms with van der Waals surface area (Å²) in [6, 6.07) is 11.6. The summed E-state index contributed by atoms with van der Waals surface area (Å²) in [5, 5.41) is 4.21. The number of rotatable bonds is 2. The van der Waals surface area contributed by atoms with Gasteiger partial charge in [0.15, 0.2) is 5.78 Å². The van der Waals surface area contributed by atoms with Crippen LogP contribution < -0.4 is 0 Å². The highest BCUT2D eigenvalue weighted by molar-refractivity contribution is 6.13. The molecule has 0 fully saturated rings. The average molecular weight is 250 g/mol. The Kier molecular flexibility index (Phi) is 2.67. The summed E-state index contributed by atoms with van der Waals surface area (Å²) in [4.78, 5) is 12.6. The van der Waals surface area contributed by atoms with Gasteiger partial charge in [0.25, 0.3) is 0 Å². The van der Waals surface area contributed by atoms with Crippen LogP contribution in [0, 0.1) is 13.8 Å². The highest BCUT2D eigenvalue weighted by Gasteiger charge is 2.16. The third kappa shape index (κ3) is 1.93. The molecule has 0 N–H and O–H groups in total. The second-order valence-corrected chi connectivity index (χ2v) is 4.74. The highest BCUT2D eigenvalue weighted by Crippen LogP contribution is 2.19. The minimum absolute atomic E-state index is 0.0300. The predicted molar refractivity (Wildman–Crippen MR) is 74.5 cm³/mol. The fourth-order valence-corrected chi connectivity index (χ4v) is 2.24. The zero-order valence-corrected chi connectivity index (χ0v) is 10.9. The first-order valence-electron chi connectivity index (χ1n) is 6.21. The Bertz CT molecular complexity index is 771. The van der Waals surface area contributed by atoms with Crippen LogP contribution in [-0.2, 0) is 0 Å². The molecule has 19 heavy (non-hydrogen) atoms. The normalized spacial score (nSPS) is 10.8. The van der Waals surface area contributed by atoms with Crippen LogP contribution in [0.25, 0.3) is 5.52 Å². The SMILES string of the molecule is Cc1ccc(C)c(C(=O)c2cnn3ccccc23)c1. The van der Waals surface area contributed by atoms with E-state index in [4.69, 9.17) is 0 Å². The summed E-state index contributed by atoms with van der Waals surface area (Å²) in [5.74, 6) is 0.0300. The first-order chi connectivity index (χ1) is 9.16. The Morgan fingerprint density at radius 3 is 2.79 bits per heavy atom. The molecule has 0 atom stereocenters. The Labute approximate surface area is 111 Å². The van der Waals surface area contributed by atoms with Gasteiger partial charge in [-0.3, -0.25) is 4.79 Å². The molecule has 3 heteroatoms. The van der Waals surface area contributed by atoms with Gasteiger partial charge < -0.3 is 0 Å².